The smallest absolute Gasteiger partial charge is 0.262 e. The van der Waals surface area contributed by atoms with Crippen LogP contribution >= 0.6 is 0 Å². The van der Waals surface area contributed by atoms with E-state index < -0.39 is 29.7 Å². The van der Waals surface area contributed by atoms with Crippen LogP contribution in [0.3, 0.4) is 0 Å². The average molecular weight is 481 g/mol. The predicted octanol–water partition coefficient (Wildman–Crippen LogP) is 1.78. The van der Waals surface area contributed by atoms with E-state index in [1.807, 2.05) is 36.4 Å². The molecule has 2 aromatic heterocycles. The Morgan fingerprint density at radius 2 is 1.69 bits per heavy atom. The molecule has 4 heterocycles. The molecular formula is C25H19N7O4. The maximum absolute atomic E-state index is 13.1. The van der Waals surface area contributed by atoms with Crippen molar-refractivity contribution in [3.63, 3.8) is 0 Å². The second-order valence-corrected chi connectivity index (χ2v) is 8.65. The number of H-pyrrole nitrogens is 1. The number of benzene rings is 2. The van der Waals surface area contributed by atoms with Gasteiger partial charge in [-0.1, -0.05) is 41.6 Å². The standard InChI is InChI=1S/C25H19N7O4/c33-22-9-8-21(23(34)26-22)32-24(35)17-7-6-15(10-18(17)25(32)36)20-13-31(30-29-20)12-16-11-19(28-27-16)14-4-2-1-3-5-14/h1-7,10-11,13,21H,8-9,12H2,(H,27,28)(H,26,33,34). The third kappa shape index (κ3) is 3.66. The zero-order valence-corrected chi connectivity index (χ0v) is 18.8. The Morgan fingerprint density at radius 1 is 0.889 bits per heavy atom. The van der Waals surface area contributed by atoms with Crippen molar-refractivity contribution in [1.82, 2.24) is 35.4 Å². The summed E-state index contributed by atoms with van der Waals surface area (Å²) in [5.74, 6) is -2.17. The molecule has 2 N–H and O–H groups in total. The molecule has 1 unspecified atom stereocenters. The lowest BCUT2D eigenvalue weighted by atomic mass is 10.0. The highest BCUT2D eigenvalue weighted by molar-refractivity contribution is 6.23. The molecule has 2 aliphatic heterocycles. The number of hydrogen-bond donors (Lipinski definition) is 2. The number of nitrogens with zero attached hydrogens (tertiary/aromatic N) is 5. The Kier molecular flexibility index (Phi) is 5.03. The van der Waals surface area contributed by atoms with Crippen LogP contribution in [-0.2, 0) is 16.1 Å². The number of aromatic amines is 1. The van der Waals surface area contributed by atoms with Crippen molar-refractivity contribution in [2.75, 3.05) is 0 Å². The fourth-order valence-corrected chi connectivity index (χ4v) is 4.51. The number of hydrogen-bond acceptors (Lipinski definition) is 7. The van der Waals surface area contributed by atoms with Crippen molar-refractivity contribution in [2.24, 2.45) is 0 Å². The number of carbonyl (C=O) groups excluding carboxylic acids is 4. The summed E-state index contributed by atoms with van der Waals surface area (Å²) in [4.78, 5) is 50.6. The van der Waals surface area contributed by atoms with Crippen molar-refractivity contribution < 1.29 is 19.2 Å². The molecule has 2 aliphatic rings. The molecule has 0 spiro atoms. The van der Waals surface area contributed by atoms with E-state index in [2.05, 4.69) is 25.8 Å². The number of aromatic nitrogens is 5. The lowest BCUT2D eigenvalue weighted by Crippen LogP contribution is -2.54. The third-order valence-electron chi connectivity index (χ3n) is 6.31. The van der Waals surface area contributed by atoms with Gasteiger partial charge in [-0.05, 0) is 24.6 Å². The molecule has 6 rings (SSSR count). The maximum atomic E-state index is 13.1. The highest BCUT2D eigenvalue weighted by Gasteiger charge is 2.44. The minimum Gasteiger partial charge on any atom is -0.295 e. The van der Waals surface area contributed by atoms with Crippen LogP contribution in [0.2, 0.25) is 0 Å². The van der Waals surface area contributed by atoms with E-state index in [0.717, 1.165) is 21.9 Å². The van der Waals surface area contributed by atoms with Crippen molar-refractivity contribution in [1.29, 1.82) is 0 Å². The number of piperidine rings is 1. The molecule has 0 bridgehead atoms. The Balaban J connectivity index is 1.21. The van der Waals surface area contributed by atoms with Crippen LogP contribution in [0, 0.1) is 0 Å². The van der Waals surface area contributed by atoms with E-state index in [-0.39, 0.29) is 24.0 Å². The number of amides is 4. The Bertz CT molecular complexity index is 1540. The maximum Gasteiger partial charge on any atom is 0.262 e. The molecule has 0 aliphatic carbocycles. The van der Waals surface area contributed by atoms with Gasteiger partial charge in [0.05, 0.1) is 35.3 Å². The minimum atomic E-state index is -1.00. The Labute approximate surface area is 204 Å². The van der Waals surface area contributed by atoms with Gasteiger partial charge in [0.15, 0.2) is 0 Å². The van der Waals surface area contributed by atoms with Gasteiger partial charge in [0.25, 0.3) is 11.8 Å². The first-order chi connectivity index (χ1) is 17.5. The minimum absolute atomic E-state index is 0.0708. The molecule has 11 nitrogen and oxygen atoms in total. The Hall–Kier alpha value is -4.93. The number of carbonyl (C=O) groups is 4. The van der Waals surface area contributed by atoms with Crippen LogP contribution in [0.25, 0.3) is 22.5 Å². The second kappa shape index (κ2) is 8.38. The van der Waals surface area contributed by atoms with E-state index in [9.17, 15) is 19.2 Å². The summed E-state index contributed by atoms with van der Waals surface area (Å²) in [7, 11) is 0. The molecule has 1 saturated heterocycles. The number of nitrogens with one attached hydrogen (secondary N) is 2. The summed E-state index contributed by atoms with van der Waals surface area (Å²) in [6.07, 6.45) is 1.92. The number of imide groups is 2. The molecule has 1 fully saturated rings. The van der Waals surface area contributed by atoms with E-state index in [4.69, 9.17) is 0 Å². The second-order valence-electron chi connectivity index (χ2n) is 8.65. The molecule has 1 atom stereocenters. The van der Waals surface area contributed by atoms with Crippen molar-refractivity contribution in [2.45, 2.75) is 25.4 Å². The van der Waals surface area contributed by atoms with Crippen molar-refractivity contribution >= 4 is 23.6 Å². The molecule has 0 radical (unpaired) electrons. The molecule has 2 aromatic carbocycles. The monoisotopic (exact) mass is 481 g/mol. The van der Waals surface area contributed by atoms with Gasteiger partial charge in [0, 0.05) is 17.5 Å². The van der Waals surface area contributed by atoms with Gasteiger partial charge in [-0.25, -0.2) is 4.68 Å². The summed E-state index contributed by atoms with van der Waals surface area (Å²) in [6.45, 7) is 0.415. The quantitative estimate of drug-likeness (QED) is 0.414. The van der Waals surface area contributed by atoms with Gasteiger partial charge in [-0.15, -0.1) is 5.10 Å². The van der Waals surface area contributed by atoms with E-state index in [1.165, 1.54) is 0 Å². The largest absolute Gasteiger partial charge is 0.295 e. The molecule has 178 valence electrons. The zero-order chi connectivity index (χ0) is 24.8. The highest BCUT2D eigenvalue weighted by atomic mass is 16.2. The lowest BCUT2D eigenvalue weighted by molar-refractivity contribution is -0.136. The van der Waals surface area contributed by atoms with E-state index >= 15 is 0 Å². The van der Waals surface area contributed by atoms with Crippen LogP contribution in [0.4, 0.5) is 0 Å². The summed E-state index contributed by atoms with van der Waals surface area (Å²) < 4.78 is 1.65. The van der Waals surface area contributed by atoms with E-state index in [0.29, 0.717) is 17.8 Å². The molecule has 36 heavy (non-hydrogen) atoms. The summed E-state index contributed by atoms with van der Waals surface area (Å²) >= 11 is 0. The van der Waals surface area contributed by atoms with Gasteiger partial charge in [0.1, 0.15) is 11.7 Å². The van der Waals surface area contributed by atoms with Crippen molar-refractivity contribution in [3.8, 4) is 22.5 Å². The van der Waals surface area contributed by atoms with Gasteiger partial charge in [0.2, 0.25) is 11.8 Å². The summed E-state index contributed by atoms with van der Waals surface area (Å²) in [6, 6.07) is 15.6. The van der Waals surface area contributed by atoms with E-state index in [1.54, 1.807) is 29.1 Å². The highest BCUT2D eigenvalue weighted by Crippen LogP contribution is 2.30. The van der Waals surface area contributed by atoms with Gasteiger partial charge in [-0.2, -0.15) is 5.10 Å². The predicted molar refractivity (Wildman–Crippen MR) is 125 cm³/mol. The van der Waals surface area contributed by atoms with Gasteiger partial charge < -0.3 is 0 Å². The molecule has 11 heteroatoms. The SMILES string of the molecule is O=C1CCC(N2C(=O)c3ccc(-c4cn(Cc5cc(-c6ccccc6)n[nH]5)nn4)cc3C2=O)C(=O)N1. The first-order valence-corrected chi connectivity index (χ1v) is 11.3. The zero-order valence-electron chi connectivity index (χ0n) is 18.8. The van der Waals surface area contributed by atoms with Crippen LogP contribution < -0.4 is 5.32 Å². The average Bonchev–Trinajstić information content (AvgIpc) is 3.60. The van der Waals surface area contributed by atoms with Crippen LogP contribution in [0.5, 0.6) is 0 Å². The van der Waals surface area contributed by atoms with Crippen molar-refractivity contribution in [3.05, 3.63) is 77.6 Å². The first-order valence-electron chi connectivity index (χ1n) is 11.3. The lowest BCUT2D eigenvalue weighted by Gasteiger charge is -2.27. The topological polar surface area (TPSA) is 143 Å². The third-order valence-corrected chi connectivity index (χ3v) is 6.31. The van der Waals surface area contributed by atoms with Gasteiger partial charge in [-0.3, -0.25) is 34.5 Å². The number of fused-ring (bicyclic) bond motifs is 1. The fraction of sp³-hybridized carbons (Fsp3) is 0.160. The normalized spacial score (nSPS) is 17.4. The fourth-order valence-electron chi connectivity index (χ4n) is 4.51. The summed E-state index contributed by atoms with van der Waals surface area (Å²) in [5, 5.41) is 17.9. The molecule has 4 aromatic rings. The van der Waals surface area contributed by atoms with Crippen LogP contribution in [-0.4, -0.2) is 59.8 Å². The van der Waals surface area contributed by atoms with Crippen LogP contribution in [0.15, 0.2) is 60.8 Å². The van der Waals surface area contributed by atoms with Crippen LogP contribution in [0.1, 0.15) is 39.3 Å². The first kappa shape index (κ1) is 21.6. The molecule has 4 amide bonds. The Morgan fingerprint density at radius 3 is 2.50 bits per heavy atom. The molecular weight excluding hydrogens is 462 g/mol. The number of rotatable bonds is 5. The summed E-state index contributed by atoms with van der Waals surface area (Å²) in [5.41, 5.74) is 4.22. The van der Waals surface area contributed by atoms with Gasteiger partial charge >= 0.3 is 0 Å². The molecule has 0 saturated carbocycles.